The van der Waals surface area contributed by atoms with E-state index in [-0.39, 0.29) is 0 Å². The van der Waals surface area contributed by atoms with Gasteiger partial charge in [-0.1, -0.05) is 19.1 Å². The van der Waals surface area contributed by atoms with Crippen molar-refractivity contribution in [2.75, 3.05) is 25.5 Å². The Morgan fingerprint density at radius 3 is 2.29 bits per heavy atom. The van der Waals surface area contributed by atoms with E-state index >= 15 is 0 Å². The summed E-state index contributed by atoms with van der Waals surface area (Å²) in [6, 6.07) is 8.48. The Balaban J connectivity index is 2.54. The smallest absolute Gasteiger partial charge is 0.0914 e. The fraction of sp³-hybridized carbons (Fsp3) is 0.571. The first-order chi connectivity index (χ1) is 8.04. The van der Waals surface area contributed by atoms with Crippen LogP contribution in [0.1, 0.15) is 31.9 Å². The van der Waals surface area contributed by atoms with E-state index in [1.165, 1.54) is 0 Å². The summed E-state index contributed by atoms with van der Waals surface area (Å²) < 4.78 is 0. The summed E-state index contributed by atoms with van der Waals surface area (Å²) in [5.41, 5.74) is 2.11. The molecule has 0 heterocycles. The predicted octanol–water partition coefficient (Wildman–Crippen LogP) is 2.17. The summed E-state index contributed by atoms with van der Waals surface area (Å²) in [5, 5.41) is 13.3. The van der Waals surface area contributed by atoms with Crippen molar-refractivity contribution in [3.05, 3.63) is 29.8 Å². The van der Waals surface area contributed by atoms with Gasteiger partial charge >= 0.3 is 0 Å². The third kappa shape index (κ3) is 4.36. The minimum absolute atomic E-state index is 0.430. The first-order valence-corrected chi connectivity index (χ1v) is 6.23. The molecule has 0 aliphatic rings. The van der Waals surface area contributed by atoms with Crippen LogP contribution in [0.2, 0.25) is 0 Å². The predicted molar refractivity (Wildman–Crippen MR) is 73.5 cm³/mol. The number of aliphatic hydroxyl groups is 1. The average Bonchev–Trinajstić information content (AvgIpc) is 2.35. The highest BCUT2D eigenvalue weighted by Crippen LogP contribution is 2.17. The number of hydrogen-bond donors (Lipinski definition) is 2. The number of benzene rings is 1. The van der Waals surface area contributed by atoms with Crippen LogP contribution in [0.3, 0.4) is 0 Å². The summed E-state index contributed by atoms with van der Waals surface area (Å²) in [5.74, 6) is 0. The van der Waals surface area contributed by atoms with Gasteiger partial charge in [-0.05, 0) is 31.0 Å². The first kappa shape index (κ1) is 14.0. The molecule has 1 aromatic carbocycles. The number of hydrogen-bond acceptors (Lipinski definition) is 3. The van der Waals surface area contributed by atoms with Gasteiger partial charge in [0.15, 0.2) is 0 Å². The summed E-state index contributed by atoms with van der Waals surface area (Å²) in [7, 11) is 4.02. The van der Waals surface area contributed by atoms with E-state index in [0.29, 0.717) is 12.6 Å². The molecule has 0 saturated heterocycles. The zero-order chi connectivity index (χ0) is 12.8. The molecule has 0 aliphatic carbocycles. The molecule has 3 nitrogen and oxygen atoms in total. The third-order valence-electron chi connectivity index (χ3n) is 3.07. The van der Waals surface area contributed by atoms with Crippen molar-refractivity contribution in [3.63, 3.8) is 0 Å². The number of nitrogens with zero attached hydrogens (tertiary/aromatic N) is 1. The third-order valence-corrected chi connectivity index (χ3v) is 3.07. The number of nitrogens with one attached hydrogen (secondary N) is 1. The van der Waals surface area contributed by atoms with Crippen LogP contribution in [-0.4, -0.2) is 31.8 Å². The molecule has 0 spiro atoms. The maximum atomic E-state index is 10.0. The van der Waals surface area contributed by atoms with Gasteiger partial charge < -0.3 is 15.3 Å². The number of anilines is 1. The Morgan fingerprint density at radius 1 is 1.24 bits per heavy atom. The van der Waals surface area contributed by atoms with Gasteiger partial charge in [0.1, 0.15) is 0 Å². The molecule has 0 fully saturated rings. The molecule has 0 radical (unpaired) electrons. The number of aliphatic hydroxyl groups excluding tert-OH is 1. The van der Waals surface area contributed by atoms with Gasteiger partial charge in [-0.25, -0.2) is 0 Å². The fourth-order valence-corrected chi connectivity index (χ4v) is 1.57. The van der Waals surface area contributed by atoms with Crippen LogP contribution < -0.4 is 10.2 Å². The second-order valence-corrected chi connectivity index (χ2v) is 4.72. The molecule has 1 aromatic rings. The van der Waals surface area contributed by atoms with E-state index in [9.17, 15) is 5.11 Å². The van der Waals surface area contributed by atoms with Gasteiger partial charge in [-0.2, -0.15) is 0 Å². The van der Waals surface area contributed by atoms with Crippen molar-refractivity contribution in [3.8, 4) is 0 Å². The lowest BCUT2D eigenvalue weighted by atomic mass is 10.1. The minimum atomic E-state index is -0.430. The highest BCUT2D eigenvalue weighted by Gasteiger charge is 2.08. The van der Waals surface area contributed by atoms with Gasteiger partial charge in [0, 0.05) is 32.4 Å². The molecule has 0 amide bonds. The van der Waals surface area contributed by atoms with Crippen LogP contribution in [0.25, 0.3) is 0 Å². The Labute approximate surface area is 104 Å². The average molecular weight is 236 g/mol. The number of rotatable bonds is 6. The van der Waals surface area contributed by atoms with E-state index in [1.54, 1.807) is 0 Å². The first-order valence-electron chi connectivity index (χ1n) is 6.23. The molecule has 96 valence electrons. The molecule has 2 N–H and O–H groups in total. The zero-order valence-electron chi connectivity index (χ0n) is 11.3. The maximum Gasteiger partial charge on any atom is 0.0914 e. The largest absolute Gasteiger partial charge is 0.387 e. The summed E-state index contributed by atoms with van der Waals surface area (Å²) in [6.45, 7) is 4.87. The molecule has 17 heavy (non-hydrogen) atoms. The molecule has 2 unspecified atom stereocenters. The lowest BCUT2D eigenvalue weighted by molar-refractivity contribution is 0.170. The van der Waals surface area contributed by atoms with Crippen molar-refractivity contribution in [1.82, 2.24) is 5.32 Å². The fourth-order valence-electron chi connectivity index (χ4n) is 1.57. The van der Waals surface area contributed by atoms with Crippen LogP contribution in [0.5, 0.6) is 0 Å². The summed E-state index contributed by atoms with van der Waals surface area (Å²) >= 11 is 0. The Morgan fingerprint density at radius 2 is 1.82 bits per heavy atom. The lowest BCUT2D eigenvalue weighted by Crippen LogP contribution is -2.29. The van der Waals surface area contributed by atoms with E-state index in [2.05, 4.69) is 19.2 Å². The Kier molecular flexibility index (Phi) is 5.45. The van der Waals surface area contributed by atoms with E-state index in [4.69, 9.17) is 0 Å². The molecule has 0 aliphatic heterocycles. The highest BCUT2D eigenvalue weighted by atomic mass is 16.3. The molecule has 0 aromatic heterocycles. The summed E-state index contributed by atoms with van der Waals surface area (Å²) in [4.78, 5) is 2.05. The van der Waals surface area contributed by atoms with Crippen LogP contribution in [0.4, 0.5) is 5.69 Å². The van der Waals surface area contributed by atoms with E-state index in [1.807, 2.05) is 43.3 Å². The van der Waals surface area contributed by atoms with Gasteiger partial charge in [-0.15, -0.1) is 0 Å². The molecular weight excluding hydrogens is 212 g/mol. The van der Waals surface area contributed by atoms with Crippen LogP contribution in [-0.2, 0) is 0 Å². The zero-order valence-corrected chi connectivity index (χ0v) is 11.3. The monoisotopic (exact) mass is 236 g/mol. The molecule has 0 saturated carbocycles. The lowest BCUT2D eigenvalue weighted by Gasteiger charge is -2.17. The Bertz CT molecular complexity index is 321. The highest BCUT2D eigenvalue weighted by molar-refractivity contribution is 5.46. The quantitative estimate of drug-likeness (QED) is 0.794. The van der Waals surface area contributed by atoms with Crippen LogP contribution in [0.15, 0.2) is 24.3 Å². The second-order valence-electron chi connectivity index (χ2n) is 4.72. The topological polar surface area (TPSA) is 35.5 Å². The molecule has 3 heteroatoms. The molecule has 0 bridgehead atoms. The molecular formula is C14H24N2O. The van der Waals surface area contributed by atoms with Crippen molar-refractivity contribution in [2.45, 2.75) is 32.4 Å². The van der Waals surface area contributed by atoms with E-state index in [0.717, 1.165) is 17.7 Å². The Hall–Kier alpha value is -1.06. The summed E-state index contributed by atoms with van der Waals surface area (Å²) in [6.07, 6.45) is 0.645. The SMILES string of the molecule is CCC(C)NCC(O)c1ccc(N(C)C)cc1. The van der Waals surface area contributed by atoms with Crippen molar-refractivity contribution >= 4 is 5.69 Å². The van der Waals surface area contributed by atoms with Gasteiger partial charge in [0.2, 0.25) is 0 Å². The van der Waals surface area contributed by atoms with Gasteiger partial charge in [0.25, 0.3) is 0 Å². The van der Waals surface area contributed by atoms with Crippen molar-refractivity contribution in [2.24, 2.45) is 0 Å². The van der Waals surface area contributed by atoms with E-state index < -0.39 is 6.10 Å². The van der Waals surface area contributed by atoms with Crippen LogP contribution in [0, 0.1) is 0 Å². The van der Waals surface area contributed by atoms with Crippen LogP contribution >= 0.6 is 0 Å². The van der Waals surface area contributed by atoms with Gasteiger partial charge in [0.05, 0.1) is 6.10 Å². The molecule has 2 atom stereocenters. The standard InChI is InChI=1S/C14H24N2O/c1-5-11(2)15-10-14(17)12-6-8-13(9-7-12)16(3)4/h6-9,11,14-15,17H,5,10H2,1-4H3. The second kappa shape index (κ2) is 6.62. The normalized spacial score (nSPS) is 14.4. The minimum Gasteiger partial charge on any atom is -0.387 e. The van der Waals surface area contributed by atoms with Gasteiger partial charge in [-0.3, -0.25) is 0 Å². The van der Waals surface area contributed by atoms with Crippen molar-refractivity contribution in [1.29, 1.82) is 0 Å². The maximum absolute atomic E-state index is 10.0. The molecule has 1 rings (SSSR count). The van der Waals surface area contributed by atoms with Crippen molar-refractivity contribution < 1.29 is 5.11 Å².